The molecule has 0 aliphatic carbocycles. The van der Waals surface area contributed by atoms with Crippen LogP contribution >= 0.6 is 0 Å². The van der Waals surface area contributed by atoms with Gasteiger partial charge in [-0.25, -0.2) is 8.42 Å². The number of aryl methyl sites for hydroxylation is 2. The summed E-state index contributed by atoms with van der Waals surface area (Å²) >= 11 is 0. The molecule has 2 N–H and O–H groups in total. The summed E-state index contributed by atoms with van der Waals surface area (Å²) in [5, 5.41) is 23.2. The zero-order valence-electron chi connectivity index (χ0n) is 37.7. The molecule has 0 spiro atoms. The van der Waals surface area contributed by atoms with Crippen LogP contribution in [0.5, 0.6) is 34.5 Å². The van der Waals surface area contributed by atoms with Gasteiger partial charge in [0.05, 0.1) is 9.79 Å². The maximum atomic E-state index is 12.7. The summed E-state index contributed by atoms with van der Waals surface area (Å²) in [4.78, 5) is -0.629. The monoisotopic (exact) mass is 934 g/mol. The molecule has 13 heteroatoms. The molecule has 0 aliphatic rings. The molecule has 0 atom stereocenters. The molecule has 0 bridgehead atoms. The van der Waals surface area contributed by atoms with Gasteiger partial charge in [-0.2, -0.15) is 8.42 Å². The van der Waals surface area contributed by atoms with Gasteiger partial charge in [-0.05, 0) is 73.7 Å². The van der Waals surface area contributed by atoms with Crippen molar-refractivity contribution in [3.8, 4) is 34.5 Å². The van der Waals surface area contributed by atoms with Gasteiger partial charge in [0.25, 0.3) is 10.1 Å². The van der Waals surface area contributed by atoms with E-state index in [4.69, 9.17) is 9.47 Å². The van der Waals surface area contributed by atoms with E-state index in [-0.39, 0.29) is 82.0 Å². The van der Waals surface area contributed by atoms with Gasteiger partial charge in [0.15, 0.2) is 11.5 Å². The molecule has 4 aromatic carbocycles. The first-order chi connectivity index (χ1) is 29.8. The van der Waals surface area contributed by atoms with Crippen molar-refractivity contribution in [1.82, 2.24) is 0 Å². The Kier molecular flexibility index (Phi) is 28.5. The summed E-state index contributed by atoms with van der Waals surface area (Å²) in [5.74, 6) is 0.684. The topological polar surface area (TPSA) is 173 Å². The van der Waals surface area contributed by atoms with E-state index >= 15 is 0 Å². The van der Waals surface area contributed by atoms with Crippen LogP contribution in [0.25, 0.3) is 0 Å². The van der Waals surface area contributed by atoms with Crippen molar-refractivity contribution in [2.75, 3.05) is 0 Å². The Balaban J connectivity index is 0.000000427. The number of aromatic hydroxyl groups is 1. The number of phenols is 1. The molecule has 63 heavy (non-hydrogen) atoms. The molecular weight excluding hydrogens is 865 g/mol. The average Bonchev–Trinajstić information content (AvgIpc) is 3.24. The Morgan fingerprint density at radius 3 is 1.32 bits per heavy atom. The Morgan fingerprint density at radius 2 is 0.857 bits per heavy atom. The third kappa shape index (κ3) is 23.3. The molecular formula is C50H70CaO10S2. The van der Waals surface area contributed by atoms with E-state index in [1.807, 2.05) is 18.2 Å². The number of benzene rings is 4. The molecule has 4 aromatic rings. The van der Waals surface area contributed by atoms with Gasteiger partial charge in [-0.15, -0.1) is 0 Å². The van der Waals surface area contributed by atoms with Gasteiger partial charge in [0, 0.05) is 6.07 Å². The van der Waals surface area contributed by atoms with Crippen molar-refractivity contribution in [1.29, 1.82) is 0 Å². The van der Waals surface area contributed by atoms with Gasteiger partial charge < -0.3 is 24.2 Å². The number of para-hydroxylation sites is 2. The fourth-order valence-corrected chi connectivity index (χ4v) is 8.32. The molecule has 4 rings (SSSR count). The van der Waals surface area contributed by atoms with Crippen molar-refractivity contribution in [3.63, 3.8) is 0 Å². The summed E-state index contributed by atoms with van der Waals surface area (Å²) in [6, 6.07) is 21.3. The smallest absolute Gasteiger partial charge is 0.870 e. The number of ether oxygens (including phenoxy) is 2. The van der Waals surface area contributed by atoms with E-state index in [9.17, 15) is 36.2 Å². The standard InChI is InChI=1S/2C25H36O5S.Ca/c2*1-2-3-4-5-6-7-8-9-10-11-12-15-21-16-13-19-24(25(21)26)30-22-17-14-18-23(20-22)31(27,28)29;/h2*13-14,16-20,26H,2-12,15H2,1H3,(H,27,28,29);/q;;+2/p-2. The Morgan fingerprint density at radius 1 is 0.492 bits per heavy atom. The number of hydrogen-bond acceptors (Lipinski definition) is 9. The molecule has 0 radical (unpaired) electrons. The van der Waals surface area contributed by atoms with E-state index in [1.54, 1.807) is 24.3 Å². The molecule has 0 saturated heterocycles. The van der Waals surface area contributed by atoms with E-state index in [0.717, 1.165) is 43.7 Å². The van der Waals surface area contributed by atoms with Crippen LogP contribution in [-0.2, 0) is 33.1 Å². The zero-order chi connectivity index (χ0) is 45.1. The predicted octanol–water partition coefficient (Wildman–Crippen LogP) is 13.2. The summed E-state index contributed by atoms with van der Waals surface area (Å²) in [7, 11) is -8.88. The SMILES string of the molecule is CCCCCCCCCCCCCc1cccc(Oc2cccc(S(=O)(=O)O)c2)c1O.CCCCCCCCCCCCCc1cccc(Oc2cccc(S(=O)(=O)[O-])c2)c1[O-].[Ca+2]. The van der Waals surface area contributed by atoms with Crippen molar-refractivity contribution >= 4 is 58.0 Å². The fraction of sp³-hybridized carbons (Fsp3) is 0.520. The van der Waals surface area contributed by atoms with Crippen LogP contribution < -0.4 is 14.6 Å². The predicted molar refractivity (Wildman–Crippen MR) is 251 cm³/mol. The van der Waals surface area contributed by atoms with E-state index < -0.39 is 20.2 Å². The van der Waals surface area contributed by atoms with Gasteiger partial charge in [0.1, 0.15) is 27.4 Å². The molecule has 0 aliphatic heterocycles. The van der Waals surface area contributed by atoms with Crippen LogP contribution in [-0.4, -0.2) is 68.8 Å². The second-order valence-electron chi connectivity index (χ2n) is 16.2. The Bertz CT molecular complexity index is 1940. The second-order valence-corrected chi connectivity index (χ2v) is 19.0. The number of hydrogen-bond donors (Lipinski definition) is 2. The van der Waals surface area contributed by atoms with E-state index in [1.165, 1.54) is 152 Å². The van der Waals surface area contributed by atoms with Gasteiger partial charge in [-0.1, -0.05) is 190 Å². The van der Waals surface area contributed by atoms with Crippen LogP contribution in [0.4, 0.5) is 0 Å². The molecule has 0 aromatic heterocycles. The van der Waals surface area contributed by atoms with Gasteiger partial charge >= 0.3 is 37.7 Å². The molecule has 344 valence electrons. The molecule has 0 heterocycles. The normalized spacial score (nSPS) is 11.4. The number of rotatable bonds is 30. The summed E-state index contributed by atoms with van der Waals surface area (Å²) < 4.78 is 76.5. The van der Waals surface area contributed by atoms with Crippen LogP contribution in [0.1, 0.15) is 166 Å². The third-order valence-electron chi connectivity index (χ3n) is 10.9. The Hall–Kier alpha value is -2.84. The first kappa shape index (κ1) is 56.3. The van der Waals surface area contributed by atoms with E-state index in [2.05, 4.69) is 13.8 Å². The molecule has 10 nitrogen and oxygen atoms in total. The van der Waals surface area contributed by atoms with Crippen molar-refractivity contribution in [2.24, 2.45) is 0 Å². The third-order valence-corrected chi connectivity index (χ3v) is 12.6. The van der Waals surface area contributed by atoms with Crippen LogP contribution in [0.15, 0.2) is 94.7 Å². The summed E-state index contributed by atoms with van der Waals surface area (Å²) in [6.07, 6.45) is 29.3. The largest absolute Gasteiger partial charge is 2.00 e. The number of unbranched alkanes of at least 4 members (excludes halogenated alkanes) is 20. The average molecular weight is 935 g/mol. The van der Waals surface area contributed by atoms with Crippen LogP contribution in [0.2, 0.25) is 0 Å². The molecule has 0 saturated carbocycles. The minimum absolute atomic E-state index is 0. The first-order valence-electron chi connectivity index (χ1n) is 22.9. The van der Waals surface area contributed by atoms with Crippen molar-refractivity contribution < 1.29 is 45.6 Å². The molecule has 0 amide bonds. The summed E-state index contributed by atoms with van der Waals surface area (Å²) in [5.41, 5.74) is 1.51. The van der Waals surface area contributed by atoms with Crippen LogP contribution in [0.3, 0.4) is 0 Å². The van der Waals surface area contributed by atoms with Crippen LogP contribution in [0, 0.1) is 0 Å². The second kappa shape index (κ2) is 31.9. The van der Waals surface area contributed by atoms with Gasteiger partial charge in [0.2, 0.25) is 0 Å². The Labute approximate surface area is 408 Å². The fourth-order valence-electron chi connectivity index (χ4n) is 7.30. The maximum Gasteiger partial charge on any atom is 2.00 e. The van der Waals surface area contributed by atoms with Gasteiger partial charge in [-0.3, -0.25) is 4.55 Å². The first-order valence-corrected chi connectivity index (χ1v) is 25.8. The summed E-state index contributed by atoms with van der Waals surface area (Å²) in [6.45, 7) is 4.48. The van der Waals surface area contributed by atoms with E-state index in [0.29, 0.717) is 12.0 Å². The maximum absolute atomic E-state index is 12.7. The molecule has 0 fully saturated rings. The molecule has 0 unspecified atom stereocenters. The van der Waals surface area contributed by atoms with Crippen molar-refractivity contribution in [3.05, 3.63) is 96.1 Å². The van der Waals surface area contributed by atoms with Crippen molar-refractivity contribution in [2.45, 2.75) is 178 Å². The minimum atomic E-state index is -4.57. The zero-order valence-corrected chi connectivity index (χ0v) is 41.6. The quantitative estimate of drug-likeness (QED) is 0.0291. The minimum Gasteiger partial charge on any atom is -0.870 e. The number of phenolic OH excluding ortho intramolecular Hbond substituents is 1.